The highest BCUT2D eigenvalue weighted by molar-refractivity contribution is 7.92. The van der Waals surface area contributed by atoms with Crippen LogP contribution < -0.4 is 9.21 Å². The molecule has 0 spiro atoms. The minimum Gasteiger partial charge on any atom is -0.377 e. The van der Waals surface area contributed by atoms with Crippen molar-refractivity contribution >= 4 is 32.6 Å². The summed E-state index contributed by atoms with van der Waals surface area (Å²) in [5, 5.41) is 0.938. The average Bonchev–Trinajstić information content (AvgIpc) is 3.32. The number of sulfonamides is 1. The summed E-state index contributed by atoms with van der Waals surface area (Å²) in [4.78, 5) is 19.7. The number of nitrogens with one attached hydrogen (secondary N) is 1. The van der Waals surface area contributed by atoms with E-state index in [2.05, 4.69) is 21.8 Å². The summed E-state index contributed by atoms with van der Waals surface area (Å²) >= 11 is 0. The summed E-state index contributed by atoms with van der Waals surface area (Å²) in [6.07, 6.45) is 4.79. The van der Waals surface area contributed by atoms with Gasteiger partial charge in [0, 0.05) is 48.6 Å². The van der Waals surface area contributed by atoms with Crippen molar-refractivity contribution in [2.45, 2.75) is 19.9 Å². The Morgan fingerprint density at radius 1 is 1.14 bits per heavy atom. The molecule has 1 aliphatic heterocycles. The number of aryl methyl sites for hydroxylation is 1. The third kappa shape index (κ3) is 4.46. The lowest BCUT2D eigenvalue weighted by atomic mass is 10.0. The topological polar surface area (TPSA) is 104 Å². The van der Waals surface area contributed by atoms with Crippen molar-refractivity contribution in [3.63, 3.8) is 0 Å². The molecule has 0 bridgehead atoms. The van der Waals surface area contributed by atoms with Crippen molar-refractivity contribution < 1.29 is 13.2 Å². The van der Waals surface area contributed by atoms with Crippen LogP contribution in [0, 0.1) is 6.92 Å². The number of hydrogen-bond donors (Lipinski definition) is 1. The summed E-state index contributed by atoms with van der Waals surface area (Å²) in [5.74, 6) is 1.40. The Hall–Kier alpha value is -3.50. The summed E-state index contributed by atoms with van der Waals surface area (Å²) < 4.78 is 31.3. The van der Waals surface area contributed by atoms with Crippen molar-refractivity contribution in [2.75, 3.05) is 42.3 Å². The third-order valence-corrected chi connectivity index (χ3v) is 7.64. The van der Waals surface area contributed by atoms with Crippen molar-refractivity contribution in [3.8, 4) is 22.6 Å². The van der Waals surface area contributed by atoms with Crippen LogP contribution in [0.5, 0.6) is 0 Å². The molecule has 5 rings (SSSR count). The molecule has 1 atom stereocenters. The molecule has 10 heteroatoms. The van der Waals surface area contributed by atoms with Gasteiger partial charge in [-0.15, -0.1) is 0 Å². The van der Waals surface area contributed by atoms with Crippen molar-refractivity contribution in [1.82, 2.24) is 19.9 Å². The number of rotatable bonds is 5. The zero-order chi connectivity index (χ0) is 24.7. The molecule has 4 heterocycles. The summed E-state index contributed by atoms with van der Waals surface area (Å²) in [7, 11) is -1.85. The third-order valence-electron chi connectivity index (χ3n) is 6.43. The molecule has 1 N–H and O–H groups in total. The van der Waals surface area contributed by atoms with Crippen LogP contribution in [0.15, 0.2) is 48.8 Å². The van der Waals surface area contributed by atoms with Gasteiger partial charge in [-0.2, -0.15) is 0 Å². The molecule has 1 saturated heterocycles. The highest BCUT2D eigenvalue weighted by Crippen LogP contribution is 2.33. The van der Waals surface area contributed by atoms with Gasteiger partial charge >= 0.3 is 0 Å². The molecule has 0 unspecified atom stereocenters. The highest BCUT2D eigenvalue weighted by Gasteiger charge is 2.23. The van der Waals surface area contributed by atoms with E-state index in [1.165, 1.54) is 10.6 Å². The van der Waals surface area contributed by atoms with Crippen LogP contribution in [0.1, 0.15) is 12.5 Å². The number of fused-ring (bicyclic) bond motifs is 1. The van der Waals surface area contributed by atoms with Gasteiger partial charge in [0.2, 0.25) is 10.0 Å². The molecule has 35 heavy (non-hydrogen) atoms. The van der Waals surface area contributed by atoms with Crippen LogP contribution in [-0.2, 0) is 14.8 Å². The number of hydrogen-bond acceptors (Lipinski definition) is 7. The van der Waals surface area contributed by atoms with Crippen molar-refractivity contribution in [2.24, 2.45) is 0 Å². The Balaban J connectivity index is 1.71. The molecule has 182 valence electrons. The number of pyridine rings is 1. The van der Waals surface area contributed by atoms with Gasteiger partial charge in [-0.1, -0.05) is 6.07 Å². The molecule has 0 amide bonds. The predicted octanol–water partition coefficient (Wildman–Crippen LogP) is 3.62. The molecule has 3 aromatic heterocycles. The van der Waals surface area contributed by atoms with Gasteiger partial charge in [0.05, 0.1) is 36.9 Å². The molecule has 0 saturated carbocycles. The van der Waals surface area contributed by atoms with Crippen LogP contribution in [0.4, 0.5) is 11.5 Å². The van der Waals surface area contributed by atoms with E-state index < -0.39 is 10.0 Å². The van der Waals surface area contributed by atoms with E-state index >= 15 is 0 Å². The summed E-state index contributed by atoms with van der Waals surface area (Å²) in [6, 6.07) is 11.6. The van der Waals surface area contributed by atoms with Crippen LogP contribution in [0.3, 0.4) is 0 Å². The van der Waals surface area contributed by atoms with Gasteiger partial charge in [-0.25, -0.2) is 23.4 Å². The maximum absolute atomic E-state index is 12.2. The Kier molecular flexibility index (Phi) is 5.94. The van der Waals surface area contributed by atoms with Gasteiger partial charge in [0.1, 0.15) is 11.5 Å². The first-order valence-corrected chi connectivity index (χ1v) is 13.3. The van der Waals surface area contributed by atoms with E-state index in [0.29, 0.717) is 24.7 Å². The van der Waals surface area contributed by atoms with E-state index in [9.17, 15) is 8.42 Å². The fourth-order valence-electron chi connectivity index (χ4n) is 4.34. The van der Waals surface area contributed by atoms with Gasteiger partial charge in [-0.05, 0) is 43.7 Å². The molecule has 4 aromatic rings. The highest BCUT2D eigenvalue weighted by atomic mass is 32.2. The fourth-order valence-corrected chi connectivity index (χ4v) is 4.83. The number of ether oxygens (including phenoxy) is 1. The number of nitrogens with zero attached hydrogens (tertiary/aromatic N) is 5. The van der Waals surface area contributed by atoms with E-state index in [4.69, 9.17) is 14.7 Å². The Labute approximate surface area is 204 Å². The number of benzene rings is 1. The fraction of sp³-hybridized carbons (Fsp3) is 0.320. The minimum absolute atomic E-state index is 0.160. The number of aromatic amines is 1. The smallest absolute Gasteiger partial charge is 0.231 e. The van der Waals surface area contributed by atoms with Crippen LogP contribution in [0.2, 0.25) is 0 Å². The van der Waals surface area contributed by atoms with Gasteiger partial charge in [0.25, 0.3) is 0 Å². The lowest BCUT2D eigenvalue weighted by Gasteiger charge is -2.34. The zero-order valence-corrected chi connectivity index (χ0v) is 21.0. The summed E-state index contributed by atoms with van der Waals surface area (Å²) in [5.41, 5.74) is 4.79. The maximum atomic E-state index is 12.2. The second kappa shape index (κ2) is 8.94. The van der Waals surface area contributed by atoms with Crippen LogP contribution in [-0.4, -0.2) is 67.5 Å². The molecule has 1 aromatic carbocycles. The molecular formula is C25H28N6O3S. The first-order valence-electron chi connectivity index (χ1n) is 11.4. The Bertz CT molecular complexity index is 1500. The van der Waals surface area contributed by atoms with E-state index in [1.807, 2.05) is 43.5 Å². The molecule has 9 nitrogen and oxygen atoms in total. The number of aromatic nitrogens is 4. The number of anilines is 2. The van der Waals surface area contributed by atoms with Gasteiger partial charge < -0.3 is 14.6 Å². The SMILES string of the molecule is Cc1ccc(N(C)S(C)(=O)=O)cc1-c1cc(N2CCOC[C@H]2C)nc(-c2ccnc3[nH]ccc23)n1. The lowest BCUT2D eigenvalue weighted by molar-refractivity contribution is 0.0985. The van der Waals surface area contributed by atoms with E-state index in [1.54, 1.807) is 19.3 Å². The molecule has 0 radical (unpaired) electrons. The van der Waals surface area contributed by atoms with Gasteiger partial charge in [-0.3, -0.25) is 4.31 Å². The van der Waals surface area contributed by atoms with E-state index in [0.717, 1.165) is 45.8 Å². The monoisotopic (exact) mass is 492 g/mol. The zero-order valence-electron chi connectivity index (χ0n) is 20.2. The first kappa shape index (κ1) is 23.3. The van der Waals surface area contributed by atoms with Crippen LogP contribution >= 0.6 is 0 Å². The Morgan fingerprint density at radius 3 is 2.74 bits per heavy atom. The first-order chi connectivity index (χ1) is 16.7. The maximum Gasteiger partial charge on any atom is 0.231 e. The number of morpholine rings is 1. The lowest BCUT2D eigenvalue weighted by Crippen LogP contribution is -2.44. The molecular weight excluding hydrogens is 464 g/mol. The van der Waals surface area contributed by atoms with Crippen molar-refractivity contribution in [3.05, 3.63) is 54.4 Å². The average molecular weight is 493 g/mol. The van der Waals surface area contributed by atoms with Gasteiger partial charge in [0.15, 0.2) is 5.82 Å². The molecule has 1 fully saturated rings. The second-order valence-electron chi connectivity index (χ2n) is 8.88. The predicted molar refractivity (Wildman–Crippen MR) is 138 cm³/mol. The minimum atomic E-state index is -3.40. The quantitative estimate of drug-likeness (QED) is 0.454. The van der Waals surface area contributed by atoms with Crippen molar-refractivity contribution in [1.29, 1.82) is 0 Å². The van der Waals surface area contributed by atoms with Crippen LogP contribution in [0.25, 0.3) is 33.7 Å². The molecule has 1 aliphatic rings. The normalized spacial score (nSPS) is 16.6. The summed E-state index contributed by atoms with van der Waals surface area (Å²) in [6.45, 7) is 6.09. The number of H-pyrrole nitrogens is 1. The molecule has 0 aliphatic carbocycles. The Morgan fingerprint density at radius 2 is 1.97 bits per heavy atom. The second-order valence-corrected chi connectivity index (χ2v) is 10.9. The van der Waals surface area contributed by atoms with E-state index in [-0.39, 0.29) is 6.04 Å². The standard InChI is InChI=1S/C25H28N6O3S/c1-16-5-6-18(30(3)35(4,32)33)13-21(16)22-14-23(31-11-12-34-15-17(31)2)29-25(28-22)20-8-10-27-24-19(20)7-9-26-24/h5-10,13-14,17H,11-12,15H2,1-4H3,(H,26,27)/t17-/m1/s1. The largest absolute Gasteiger partial charge is 0.377 e.